The number of anilines is 4. The Labute approximate surface area is 332 Å². The molecule has 2 unspecified atom stereocenters. The van der Waals surface area contributed by atoms with Crippen molar-refractivity contribution in [3.63, 3.8) is 0 Å². The van der Waals surface area contributed by atoms with Crippen molar-refractivity contribution in [3.8, 4) is 0 Å². The smallest absolute Gasteiger partial charge is 0.147 e. The van der Waals surface area contributed by atoms with E-state index in [-0.39, 0.29) is 36.9 Å². The van der Waals surface area contributed by atoms with Gasteiger partial charge in [-0.25, -0.2) is 0 Å². The van der Waals surface area contributed by atoms with Gasteiger partial charge in [-0.15, -0.1) is 24.8 Å². The van der Waals surface area contributed by atoms with Crippen molar-refractivity contribution in [3.05, 3.63) is 172 Å². The molecule has 0 bridgehead atoms. The van der Waals surface area contributed by atoms with Gasteiger partial charge in [-0.05, 0) is 0 Å². The van der Waals surface area contributed by atoms with E-state index in [1.54, 1.807) is 11.7 Å². The van der Waals surface area contributed by atoms with Gasteiger partial charge in [0.25, 0.3) is 0 Å². The minimum absolute atomic E-state index is 0. The molecule has 0 aromatic heterocycles. The third-order valence-corrected chi connectivity index (χ3v) is 17.4. The molecule has 0 amide bonds. The molecule has 6 aromatic rings. The van der Waals surface area contributed by atoms with Gasteiger partial charge in [0, 0.05) is 0 Å². The van der Waals surface area contributed by atoms with Gasteiger partial charge in [0.15, 0.2) is 0 Å². The van der Waals surface area contributed by atoms with E-state index in [1.165, 1.54) is 78.4 Å². The number of hydrogen-bond donors (Lipinski definition) is 0. The maximum atomic E-state index is 2.65. The van der Waals surface area contributed by atoms with Crippen molar-refractivity contribution in [2.45, 2.75) is 39.0 Å². The number of fused-ring (bicyclic) bond motifs is 10. The van der Waals surface area contributed by atoms with E-state index >= 15 is 0 Å². The molecule has 2 aliphatic carbocycles. The second-order valence-electron chi connectivity index (χ2n) is 14.5. The molecular formula is C46H40Cl2N2SiZr. The third kappa shape index (κ3) is 5.13. The van der Waals surface area contributed by atoms with E-state index in [1.807, 2.05) is 0 Å². The summed E-state index contributed by atoms with van der Waals surface area (Å²) >= 11 is -1.34. The Bertz CT molecular complexity index is 2440. The number of para-hydroxylation sites is 2. The Morgan fingerprint density at radius 1 is 0.519 bits per heavy atom. The van der Waals surface area contributed by atoms with Crippen LogP contribution in [0.2, 0.25) is 13.1 Å². The third-order valence-electron chi connectivity index (χ3n) is 11.3. The molecule has 52 heavy (non-hydrogen) atoms. The van der Waals surface area contributed by atoms with Gasteiger partial charge in [0.05, 0.1) is 0 Å². The second kappa shape index (κ2) is 13.5. The normalized spacial score (nSPS) is 16.9. The Morgan fingerprint density at radius 2 is 1.02 bits per heavy atom. The van der Waals surface area contributed by atoms with E-state index in [9.17, 15) is 0 Å². The molecule has 4 aliphatic rings. The molecule has 0 N–H and O–H groups in total. The van der Waals surface area contributed by atoms with Crippen LogP contribution in [0.4, 0.5) is 22.7 Å². The van der Waals surface area contributed by atoms with Crippen molar-refractivity contribution in [2.75, 3.05) is 9.80 Å². The van der Waals surface area contributed by atoms with Gasteiger partial charge in [-0.3, -0.25) is 0 Å². The van der Waals surface area contributed by atoms with E-state index < -0.39 is 32.0 Å². The van der Waals surface area contributed by atoms with Gasteiger partial charge in [-0.1, -0.05) is 0 Å². The number of halogens is 2. The summed E-state index contributed by atoms with van der Waals surface area (Å²) in [6.07, 6.45) is 5.09. The zero-order valence-electron chi connectivity index (χ0n) is 29.7. The monoisotopic (exact) mass is 808 g/mol. The van der Waals surface area contributed by atoms with Crippen LogP contribution in [0.5, 0.6) is 0 Å². The van der Waals surface area contributed by atoms with Crippen LogP contribution >= 0.6 is 24.8 Å². The van der Waals surface area contributed by atoms with Crippen LogP contribution in [0.1, 0.15) is 56.6 Å². The quantitative estimate of drug-likeness (QED) is 0.160. The molecule has 6 heteroatoms. The number of hydrogen-bond acceptors (Lipinski definition) is 2. The minimum Gasteiger partial charge on any atom is -0.147 e. The molecule has 6 aromatic carbocycles. The summed E-state index contributed by atoms with van der Waals surface area (Å²) in [7, 11) is -1.02. The van der Waals surface area contributed by atoms with E-state index in [4.69, 9.17) is 0 Å². The largest absolute Gasteiger partial charge is 0.147 e. The number of rotatable bonds is 5. The number of aryl methyl sites for hydroxylation is 2. The molecule has 0 saturated heterocycles. The molecule has 0 spiro atoms. The SMILES string of the molecule is Cc1ccc2c([c]1[Zr][c]1c(C)ccc3c1C1=Cc4c(cccc4[SiH](C)C)C1N3c1ccccc1)C1=Cc3ccccc3C1N2c1ccccc1.Cl.Cl. The summed E-state index contributed by atoms with van der Waals surface area (Å²) < 4.78 is 3.24. The van der Waals surface area contributed by atoms with Gasteiger partial charge in [0.2, 0.25) is 0 Å². The minimum atomic E-state index is -1.34. The van der Waals surface area contributed by atoms with Crippen LogP contribution < -0.4 is 21.5 Å². The first-order chi connectivity index (χ1) is 24.5. The first-order valence-corrected chi connectivity index (χ1v) is 23.2. The maximum absolute atomic E-state index is 2.65. The summed E-state index contributed by atoms with van der Waals surface area (Å²) in [5, 5.41) is 1.59. The van der Waals surface area contributed by atoms with Gasteiger partial charge in [0.1, 0.15) is 0 Å². The Morgan fingerprint density at radius 3 is 1.60 bits per heavy atom. The average Bonchev–Trinajstić information content (AvgIpc) is 3.87. The van der Waals surface area contributed by atoms with Crippen molar-refractivity contribution in [2.24, 2.45) is 0 Å². The van der Waals surface area contributed by atoms with Crippen LogP contribution in [0.15, 0.2) is 127 Å². The molecule has 0 fully saturated rings. The second-order valence-corrected chi connectivity index (χ2v) is 20.5. The Balaban J connectivity index is 0.00000193. The fourth-order valence-corrected chi connectivity index (χ4v) is 14.4. The molecule has 2 atom stereocenters. The molecule has 2 aliphatic heterocycles. The van der Waals surface area contributed by atoms with Crippen LogP contribution in [-0.2, 0) is 23.2 Å². The number of benzene rings is 6. The molecule has 2 nitrogen and oxygen atoms in total. The summed E-state index contributed by atoms with van der Waals surface area (Å²) in [5.41, 5.74) is 19.8. The van der Waals surface area contributed by atoms with E-state index in [0.717, 1.165) is 0 Å². The first-order valence-electron chi connectivity index (χ1n) is 17.9. The molecule has 0 radical (unpaired) electrons. The predicted molar refractivity (Wildman–Crippen MR) is 226 cm³/mol. The summed E-state index contributed by atoms with van der Waals surface area (Å²) in [4.78, 5) is 5.25. The Hall–Kier alpha value is -3.92. The maximum Gasteiger partial charge on any atom is -0.147 e. The molecule has 2 heterocycles. The van der Waals surface area contributed by atoms with Crippen LogP contribution in [0.3, 0.4) is 0 Å². The average molecular weight is 811 g/mol. The van der Waals surface area contributed by atoms with Gasteiger partial charge >= 0.3 is 311 Å². The molecular weight excluding hydrogens is 771 g/mol. The van der Waals surface area contributed by atoms with Gasteiger partial charge in [-0.2, -0.15) is 0 Å². The van der Waals surface area contributed by atoms with Crippen molar-refractivity contribution >= 4 is 91.4 Å². The van der Waals surface area contributed by atoms with Crippen molar-refractivity contribution in [1.29, 1.82) is 0 Å². The van der Waals surface area contributed by atoms with Gasteiger partial charge < -0.3 is 0 Å². The van der Waals surface area contributed by atoms with Crippen LogP contribution in [-0.4, -0.2) is 8.80 Å². The summed E-state index contributed by atoms with van der Waals surface area (Å²) in [6, 6.07) is 48.3. The van der Waals surface area contributed by atoms with Crippen molar-refractivity contribution in [1.82, 2.24) is 0 Å². The molecule has 256 valence electrons. The summed E-state index contributed by atoms with van der Waals surface area (Å²) in [6.45, 7) is 9.67. The van der Waals surface area contributed by atoms with Crippen LogP contribution in [0, 0.1) is 13.8 Å². The fourth-order valence-electron chi connectivity index (χ4n) is 9.05. The predicted octanol–water partition coefficient (Wildman–Crippen LogP) is 10.4. The molecule has 10 rings (SSSR count). The first kappa shape index (κ1) is 35.1. The van der Waals surface area contributed by atoms with E-state index in [2.05, 4.69) is 176 Å². The topological polar surface area (TPSA) is 6.48 Å². The Kier molecular flexibility index (Phi) is 9.11. The fraction of sp³-hybridized carbons (Fsp3) is 0.130. The standard InChI is InChI=1S/C24H22NSi.C22H16N.2ClH.Zr/c1-16-12-13-22-19(14-16)21-15-20-18(10-7-11-23(20)26(2)3)24(21)25(22)17-8-5-4-6-9-17;1-15-11-12-21-19(13-15)20-14-16-7-5-6-10-18(16)22(20)23(21)17-8-3-2-4-9-17;;;/h4-13,15,24,26H,1-3H3;2-12,14,22H,1H3;2*1H;. The zero-order chi connectivity index (χ0) is 33.7. The van der Waals surface area contributed by atoms with Crippen molar-refractivity contribution < 1.29 is 23.2 Å². The summed E-state index contributed by atoms with van der Waals surface area (Å²) in [5.74, 6) is 0. The van der Waals surface area contributed by atoms with E-state index in [0.29, 0.717) is 0 Å². The van der Waals surface area contributed by atoms with Crippen LogP contribution in [0.25, 0.3) is 23.3 Å². The number of nitrogens with zero attached hydrogens (tertiary/aromatic N) is 2. The zero-order valence-corrected chi connectivity index (χ0v) is 35.0. The molecule has 0 saturated carbocycles.